The molecule has 0 fully saturated rings. The molecular weight excluding hydrogens is 246 g/mol. The second-order valence-corrected chi connectivity index (χ2v) is 5.25. The van der Waals surface area contributed by atoms with E-state index in [9.17, 15) is 14.7 Å². The number of hydrogen-bond acceptors (Lipinski definition) is 3. The molecule has 0 aromatic carbocycles. The van der Waals surface area contributed by atoms with E-state index in [2.05, 4.69) is 5.32 Å². The Morgan fingerprint density at radius 3 is 2.26 bits per heavy atom. The lowest BCUT2D eigenvalue weighted by atomic mass is 9.79. The highest BCUT2D eigenvalue weighted by molar-refractivity contribution is 5.84. The number of aliphatic carboxylic acids is 1. The summed E-state index contributed by atoms with van der Waals surface area (Å²) in [4.78, 5) is 23.0. The fourth-order valence-corrected chi connectivity index (χ4v) is 2.02. The third-order valence-corrected chi connectivity index (χ3v) is 3.81. The predicted molar refractivity (Wildman–Crippen MR) is 73.8 cm³/mol. The first-order valence-corrected chi connectivity index (χ1v) is 7.02. The molecule has 1 amide bonds. The van der Waals surface area contributed by atoms with Gasteiger partial charge >= 0.3 is 5.97 Å². The van der Waals surface area contributed by atoms with E-state index in [0.29, 0.717) is 19.4 Å². The van der Waals surface area contributed by atoms with Gasteiger partial charge < -0.3 is 15.5 Å². The summed E-state index contributed by atoms with van der Waals surface area (Å²) in [6.45, 7) is 6.24. The molecule has 0 radical (unpaired) electrons. The molecule has 0 spiro atoms. The van der Waals surface area contributed by atoms with Gasteiger partial charge in [0.05, 0.1) is 5.41 Å². The van der Waals surface area contributed by atoms with Crippen LogP contribution in [0.5, 0.6) is 0 Å². The smallest absolute Gasteiger partial charge is 0.310 e. The van der Waals surface area contributed by atoms with Crippen LogP contribution >= 0.6 is 0 Å². The van der Waals surface area contributed by atoms with Crippen LogP contribution in [0.2, 0.25) is 0 Å². The van der Waals surface area contributed by atoms with E-state index in [1.807, 2.05) is 6.92 Å². The van der Waals surface area contributed by atoms with Crippen LogP contribution in [-0.4, -0.2) is 35.2 Å². The van der Waals surface area contributed by atoms with Crippen molar-refractivity contribution in [3.05, 3.63) is 0 Å². The Bertz CT molecular complexity index is 287. The van der Waals surface area contributed by atoms with Gasteiger partial charge in [-0.05, 0) is 31.6 Å². The average molecular weight is 273 g/mol. The topological polar surface area (TPSA) is 86.6 Å². The molecule has 0 saturated carbocycles. The fraction of sp³-hybridized carbons (Fsp3) is 0.857. The molecule has 1 atom stereocenters. The van der Waals surface area contributed by atoms with Crippen LogP contribution in [0.1, 0.15) is 52.9 Å². The van der Waals surface area contributed by atoms with Crippen LogP contribution in [0, 0.1) is 11.3 Å². The van der Waals surface area contributed by atoms with E-state index in [4.69, 9.17) is 5.11 Å². The zero-order chi connectivity index (χ0) is 14.9. The molecule has 0 aliphatic rings. The van der Waals surface area contributed by atoms with Crippen molar-refractivity contribution in [3.63, 3.8) is 0 Å². The minimum atomic E-state index is -0.942. The lowest BCUT2D eigenvalue weighted by Crippen LogP contribution is -2.37. The lowest BCUT2D eigenvalue weighted by Gasteiger charge is -2.25. The van der Waals surface area contributed by atoms with Crippen molar-refractivity contribution in [2.24, 2.45) is 11.3 Å². The maximum absolute atomic E-state index is 11.8. The molecule has 5 nitrogen and oxygen atoms in total. The molecule has 3 N–H and O–H groups in total. The molecular formula is C14H27NO4. The molecule has 0 bridgehead atoms. The average Bonchev–Trinajstić information content (AvgIpc) is 2.40. The summed E-state index contributed by atoms with van der Waals surface area (Å²) in [6, 6.07) is 0. The number of carbonyl (C=O) groups excluding carboxylic acids is 1. The standard InChI is InChI=1S/C14H27NO4/c1-4-14(5-2,13(18)19)9-12(17)15-8-6-7-11(3)10-16/h11,16H,4-10H2,1-3H3,(H,15,17)(H,18,19). The molecule has 5 heteroatoms. The summed E-state index contributed by atoms with van der Waals surface area (Å²) in [5, 5.41) is 20.9. The van der Waals surface area contributed by atoms with E-state index < -0.39 is 11.4 Å². The minimum absolute atomic E-state index is 0.0326. The van der Waals surface area contributed by atoms with Crippen molar-refractivity contribution in [2.45, 2.75) is 52.9 Å². The summed E-state index contributed by atoms with van der Waals surface area (Å²) in [6.07, 6.45) is 2.58. The van der Waals surface area contributed by atoms with E-state index in [1.165, 1.54) is 0 Å². The summed E-state index contributed by atoms with van der Waals surface area (Å²) in [7, 11) is 0. The number of aliphatic hydroxyl groups excluding tert-OH is 1. The Labute approximate surface area is 115 Å². The molecule has 19 heavy (non-hydrogen) atoms. The second kappa shape index (κ2) is 8.91. The summed E-state index contributed by atoms with van der Waals surface area (Å²) in [5.74, 6) is -0.870. The van der Waals surface area contributed by atoms with Crippen LogP contribution in [0.25, 0.3) is 0 Å². The summed E-state index contributed by atoms with van der Waals surface area (Å²) >= 11 is 0. The zero-order valence-electron chi connectivity index (χ0n) is 12.2. The van der Waals surface area contributed by atoms with E-state index in [0.717, 1.165) is 12.8 Å². The molecule has 0 rings (SSSR count). The fourth-order valence-electron chi connectivity index (χ4n) is 2.02. The first-order chi connectivity index (χ1) is 8.91. The highest BCUT2D eigenvalue weighted by Crippen LogP contribution is 2.30. The van der Waals surface area contributed by atoms with E-state index >= 15 is 0 Å². The maximum Gasteiger partial charge on any atom is 0.310 e. The summed E-state index contributed by atoms with van der Waals surface area (Å²) < 4.78 is 0. The normalized spacial score (nSPS) is 13.1. The number of amides is 1. The predicted octanol–water partition coefficient (Wildman–Crippen LogP) is 1.79. The molecule has 1 unspecified atom stereocenters. The van der Waals surface area contributed by atoms with Gasteiger partial charge in [-0.2, -0.15) is 0 Å². The Morgan fingerprint density at radius 2 is 1.84 bits per heavy atom. The van der Waals surface area contributed by atoms with E-state index in [-0.39, 0.29) is 24.9 Å². The Balaban J connectivity index is 4.12. The first-order valence-electron chi connectivity index (χ1n) is 7.02. The van der Waals surface area contributed by atoms with Gasteiger partial charge in [0.1, 0.15) is 0 Å². The molecule has 0 saturated heterocycles. The lowest BCUT2D eigenvalue weighted by molar-refractivity contribution is -0.152. The van der Waals surface area contributed by atoms with Crippen LogP contribution in [-0.2, 0) is 9.59 Å². The van der Waals surface area contributed by atoms with Crippen molar-refractivity contribution in [3.8, 4) is 0 Å². The molecule has 0 aliphatic carbocycles. The minimum Gasteiger partial charge on any atom is -0.481 e. The Hall–Kier alpha value is -1.10. The molecule has 0 heterocycles. The summed E-state index contributed by atoms with van der Waals surface area (Å²) in [5.41, 5.74) is -0.942. The van der Waals surface area contributed by atoms with Crippen molar-refractivity contribution >= 4 is 11.9 Å². The third-order valence-electron chi connectivity index (χ3n) is 3.81. The number of aliphatic hydroxyl groups is 1. The van der Waals surface area contributed by atoms with Crippen LogP contribution in [0.4, 0.5) is 0 Å². The molecule has 0 aromatic heterocycles. The van der Waals surface area contributed by atoms with Crippen molar-refractivity contribution < 1.29 is 19.8 Å². The number of carbonyl (C=O) groups is 2. The van der Waals surface area contributed by atoms with Crippen molar-refractivity contribution in [2.75, 3.05) is 13.2 Å². The van der Waals surface area contributed by atoms with Gasteiger partial charge in [-0.1, -0.05) is 20.8 Å². The maximum atomic E-state index is 11.8. The van der Waals surface area contributed by atoms with Gasteiger partial charge in [-0.15, -0.1) is 0 Å². The van der Waals surface area contributed by atoms with Gasteiger partial charge in [0.25, 0.3) is 0 Å². The monoisotopic (exact) mass is 273 g/mol. The second-order valence-electron chi connectivity index (χ2n) is 5.25. The van der Waals surface area contributed by atoms with Crippen LogP contribution in [0.15, 0.2) is 0 Å². The Morgan fingerprint density at radius 1 is 1.26 bits per heavy atom. The van der Waals surface area contributed by atoms with Gasteiger partial charge in [0.15, 0.2) is 0 Å². The van der Waals surface area contributed by atoms with Crippen molar-refractivity contribution in [1.82, 2.24) is 5.32 Å². The van der Waals surface area contributed by atoms with Crippen LogP contribution in [0.3, 0.4) is 0 Å². The van der Waals surface area contributed by atoms with E-state index in [1.54, 1.807) is 13.8 Å². The van der Waals surface area contributed by atoms with Gasteiger partial charge in [-0.25, -0.2) is 0 Å². The highest BCUT2D eigenvalue weighted by atomic mass is 16.4. The number of carboxylic acids is 1. The first kappa shape index (κ1) is 17.9. The zero-order valence-corrected chi connectivity index (χ0v) is 12.2. The van der Waals surface area contributed by atoms with Gasteiger partial charge in [0, 0.05) is 19.6 Å². The number of nitrogens with one attached hydrogen (secondary N) is 1. The molecule has 0 aliphatic heterocycles. The SMILES string of the molecule is CCC(CC)(CC(=O)NCCCC(C)CO)C(=O)O. The van der Waals surface area contributed by atoms with Crippen molar-refractivity contribution in [1.29, 1.82) is 0 Å². The third kappa shape index (κ3) is 6.05. The molecule has 112 valence electrons. The van der Waals surface area contributed by atoms with Gasteiger partial charge in [-0.3, -0.25) is 9.59 Å². The van der Waals surface area contributed by atoms with Crippen LogP contribution < -0.4 is 5.32 Å². The Kier molecular flexibility index (Phi) is 8.39. The number of carboxylic acid groups (broad SMARTS) is 1. The number of hydrogen-bond donors (Lipinski definition) is 3. The quantitative estimate of drug-likeness (QED) is 0.530. The highest BCUT2D eigenvalue weighted by Gasteiger charge is 2.36. The number of rotatable bonds is 10. The van der Waals surface area contributed by atoms with Gasteiger partial charge in [0.2, 0.25) is 5.91 Å². The largest absolute Gasteiger partial charge is 0.481 e. The molecule has 0 aromatic rings.